The van der Waals surface area contributed by atoms with Gasteiger partial charge in [-0.2, -0.15) is 0 Å². The van der Waals surface area contributed by atoms with Crippen LogP contribution < -0.4 is 11.3 Å². The molecule has 0 bridgehead atoms. The molecule has 0 atom stereocenters. The van der Waals surface area contributed by atoms with Gasteiger partial charge in [0.1, 0.15) is 5.69 Å². The Bertz CT molecular complexity index is 579. The third-order valence-electron chi connectivity index (χ3n) is 2.32. The number of hydrogen-bond donors (Lipinski definition) is 2. The number of hydrogen-bond acceptors (Lipinski definition) is 7. The Morgan fingerprint density at radius 3 is 2.74 bits per heavy atom. The Morgan fingerprint density at radius 1 is 1.37 bits per heavy atom. The maximum Gasteiger partial charge on any atom is 0.293 e. The van der Waals surface area contributed by atoms with Crippen molar-refractivity contribution in [3.63, 3.8) is 0 Å². The van der Waals surface area contributed by atoms with Crippen molar-refractivity contribution in [2.75, 3.05) is 5.43 Å². The molecule has 19 heavy (non-hydrogen) atoms. The third-order valence-corrected chi connectivity index (χ3v) is 3.27. The van der Waals surface area contributed by atoms with Gasteiger partial charge < -0.3 is 5.43 Å². The molecule has 0 unspecified atom stereocenters. The molecule has 0 aliphatic carbocycles. The molecule has 2 aromatic rings. The first kappa shape index (κ1) is 13.2. The molecule has 0 radical (unpaired) electrons. The molecule has 1 aromatic heterocycles. The maximum absolute atomic E-state index is 10.9. The first-order valence-corrected chi connectivity index (χ1v) is 6.33. The highest BCUT2D eigenvalue weighted by Crippen LogP contribution is 2.27. The number of hydrazine groups is 1. The lowest BCUT2D eigenvalue weighted by Crippen LogP contribution is -2.09. The second kappa shape index (κ2) is 6.12. The first-order chi connectivity index (χ1) is 9.20. The lowest BCUT2D eigenvalue weighted by Gasteiger charge is -2.04. The van der Waals surface area contributed by atoms with E-state index in [1.165, 1.54) is 17.8 Å². The average Bonchev–Trinajstić information content (AvgIpc) is 2.46. The molecule has 2 rings (SSSR count). The van der Waals surface area contributed by atoms with Crippen LogP contribution in [-0.2, 0) is 5.75 Å². The normalized spacial score (nSPS) is 10.2. The van der Waals surface area contributed by atoms with Crippen molar-refractivity contribution in [1.82, 2.24) is 9.97 Å². The number of nitro groups is 1. The van der Waals surface area contributed by atoms with E-state index < -0.39 is 4.92 Å². The van der Waals surface area contributed by atoms with Crippen LogP contribution in [0.2, 0.25) is 0 Å². The van der Waals surface area contributed by atoms with Crippen LogP contribution in [0.5, 0.6) is 0 Å². The first-order valence-electron chi connectivity index (χ1n) is 5.34. The van der Waals surface area contributed by atoms with E-state index in [9.17, 15) is 10.1 Å². The van der Waals surface area contributed by atoms with Crippen LogP contribution >= 0.6 is 11.8 Å². The summed E-state index contributed by atoms with van der Waals surface area (Å²) in [4.78, 5) is 18.6. The molecule has 0 saturated carbocycles. The molecule has 0 saturated heterocycles. The third kappa shape index (κ3) is 3.39. The summed E-state index contributed by atoms with van der Waals surface area (Å²) in [6.07, 6.45) is 3.30. The topological polar surface area (TPSA) is 107 Å². The van der Waals surface area contributed by atoms with Crippen LogP contribution in [0.3, 0.4) is 0 Å². The summed E-state index contributed by atoms with van der Waals surface area (Å²) in [5.74, 6) is 5.78. The molecule has 0 aliphatic rings. The molecule has 7 nitrogen and oxygen atoms in total. The molecular weight excluding hydrogens is 266 g/mol. The highest BCUT2D eigenvalue weighted by Gasteiger charge is 2.13. The summed E-state index contributed by atoms with van der Waals surface area (Å²) >= 11 is 1.41. The molecule has 1 aromatic carbocycles. The van der Waals surface area contributed by atoms with Crippen molar-refractivity contribution in [1.29, 1.82) is 0 Å². The number of nitrogens with zero attached hydrogens (tertiary/aromatic N) is 3. The quantitative estimate of drug-likeness (QED) is 0.283. The number of nitrogens with two attached hydrogens (primary N) is 1. The molecule has 0 spiro atoms. The minimum Gasteiger partial charge on any atom is -0.318 e. The fraction of sp³-hybridized carbons (Fsp3) is 0.0909. The van der Waals surface area contributed by atoms with Crippen molar-refractivity contribution in [3.05, 3.63) is 52.3 Å². The van der Waals surface area contributed by atoms with Crippen LogP contribution in [0.4, 0.5) is 11.4 Å². The number of benzene rings is 1. The summed E-state index contributed by atoms with van der Waals surface area (Å²) in [5, 5.41) is 11.5. The molecule has 0 fully saturated rings. The Labute approximate surface area is 113 Å². The second-order valence-corrected chi connectivity index (χ2v) is 4.52. The summed E-state index contributed by atoms with van der Waals surface area (Å²) in [7, 11) is 0. The highest BCUT2D eigenvalue weighted by molar-refractivity contribution is 7.98. The minimum atomic E-state index is -0.470. The zero-order valence-electron chi connectivity index (χ0n) is 9.81. The predicted molar refractivity (Wildman–Crippen MR) is 72.5 cm³/mol. The van der Waals surface area contributed by atoms with Crippen molar-refractivity contribution in [3.8, 4) is 0 Å². The maximum atomic E-state index is 10.9. The molecule has 98 valence electrons. The summed E-state index contributed by atoms with van der Waals surface area (Å²) in [6, 6.07) is 6.58. The largest absolute Gasteiger partial charge is 0.318 e. The van der Waals surface area contributed by atoms with Gasteiger partial charge in [-0.1, -0.05) is 17.8 Å². The van der Waals surface area contributed by atoms with Gasteiger partial charge in [0, 0.05) is 24.2 Å². The zero-order valence-corrected chi connectivity index (χ0v) is 10.6. The highest BCUT2D eigenvalue weighted by atomic mass is 32.2. The van der Waals surface area contributed by atoms with Crippen molar-refractivity contribution < 1.29 is 4.92 Å². The fourth-order valence-corrected chi connectivity index (χ4v) is 2.19. The van der Waals surface area contributed by atoms with E-state index in [2.05, 4.69) is 15.4 Å². The number of nitro benzene ring substituents is 1. The number of nitrogens with one attached hydrogen (secondary N) is 1. The van der Waals surface area contributed by atoms with Gasteiger partial charge in [-0.15, -0.1) is 0 Å². The Morgan fingerprint density at radius 2 is 2.11 bits per heavy atom. The summed E-state index contributed by atoms with van der Waals surface area (Å²) in [6.45, 7) is 0. The standard InChI is InChI=1S/C11H11N5O2S/c12-15-9-3-2-8(6-10(9)16(17)18)7-19-11-13-4-1-5-14-11/h1-6,15H,7,12H2. The molecule has 0 aliphatic heterocycles. The van der Waals surface area contributed by atoms with Crippen molar-refractivity contribution >= 4 is 23.1 Å². The smallest absolute Gasteiger partial charge is 0.293 e. The van der Waals surface area contributed by atoms with Gasteiger partial charge in [-0.05, 0) is 17.7 Å². The van der Waals surface area contributed by atoms with Gasteiger partial charge in [-0.3, -0.25) is 16.0 Å². The number of aromatic nitrogens is 2. The monoisotopic (exact) mass is 277 g/mol. The molecule has 1 heterocycles. The van der Waals surface area contributed by atoms with Crippen LogP contribution in [0.25, 0.3) is 0 Å². The SMILES string of the molecule is NNc1ccc(CSc2ncccn2)cc1[N+](=O)[O-]. The van der Waals surface area contributed by atoms with E-state index in [1.54, 1.807) is 30.6 Å². The Hall–Kier alpha value is -2.19. The minimum absolute atomic E-state index is 0.0467. The van der Waals surface area contributed by atoms with Gasteiger partial charge in [0.15, 0.2) is 5.16 Å². The van der Waals surface area contributed by atoms with Gasteiger partial charge in [0.05, 0.1) is 4.92 Å². The van der Waals surface area contributed by atoms with Crippen LogP contribution in [0.1, 0.15) is 5.56 Å². The van der Waals surface area contributed by atoms with E-state index in [0.717, 1.165) is 5.56 Å². The van der Waals surface area contributed by atoms with E-state index in [4.69, 9.17) is 5.84 Å². The average molecular weight is 277 g/mol. The lowest BCUT2D eigenvalue weighted by molar-refractivity contribution is -0.384. The van der Waals surface area contributed by atoms with Gasteiger partial charge >= 0.3 is 0 Å². The summed E-state index contributed by atoms with van der Waals surface area (Å²) in [5.41, 5.74) is 3.35. The summed E-state index contributed by atoms with van der Waals surface area (Å²) < 4.78 is 0. The number of rotatable bonds is 5. The van der Waals surface area contributed by atoms with E-state index in [1.807, 2.05) is 0 Å². The van der Waals surface area contributed by atoms with Crippen LogP contribution in [0.15, 0.2) is 41.8 Å². The van der Waals surface area contributed by atoms with Crippen molar-refractivity contribution in [2.24, 2.45) is 5.84 Å². The van der Waals surface area contributed by atoms with Crippen LogP contribution in [0, 0.1) is 10.1 Å². The molecular formula is C11H11N5O2S. The van der Waals surface area contributed by atoms with Gasteiger partial charge in [-0.25, -0.2) is 9.97 Å². The van der Waals surface area contributed by atoms with Gasteiger partial charge in [0.25, 0.3) is 5.69 Å². The van der Waals surface area contributed by atoms with E-state index >= 15 is 0 Å². The molecule has 0 amide bonds. The van der Waals surface area contributed by atoms with E-state index in [0.29, 0.717) is 10.9 Å². The molecule has 8 heteroatoms. The fourth-order valence-electron chi connectivity index (χ4n) is 1.45. The number of nitrogen functional groups attached to an aromatic ring is 1. The lowest BCUT2D eigenvalue weighted by atomic mass is 10.2. The second-order valence-electron chi connectivity index (χ2n) is 3.57. The number of anilines is 1. The van der Waals surface area contributed by atoms with E-state index in [-0.39, 0.29) is 11.4 Å². The van der Waals surface area contributed by atoms with Gasteiger partial charge in [0.2, 0.25) is 0 Å². The van der Waals surface area contributed by atoms with Crippen LogP contribution in [-0.4, -0.2) is 14.9 Å². The molecule has 3 N–H and O–H groups in total. The van der Waals surface area contributed by atoms with Crippen molar-refractivity contribution in [2.45, 2.75) is 10.9 Å². The Kier molecular flexibility index (Phi) is 4.26. The Balaban J connectivity index is 2.13. The predicted octanol–water partition coefficient (Wildman–Crippen LogP) is 1.96. The zero-order chi connectivity index (χ0) is 13.7. The number of thioether (sulfide) groups is 1.